The van der Waals surface area contributed by atoms with Crippen molar-refractivity contribution in [1.82, 2.24) is 14.9 Å². The van der Waals surface area contributed by atoms with E-state index in [0.717, 1.165) is 0 Å². The van der Waals surface area contributed by atoms with Crippen LogP contribution >= 0.6 is 22.9 Å². The smallest absolute Gasteiger partial charge is 0.310 e. The lowest BCUT2D eigenvalue weighted by molar-refractivity contribution is -0.153. The molecule has 2 N–H and O–H groups in total. The van der Waals surface area contributed by atoms with E-state index >= 15 is 0 Å². The summed E-state index contributed by atoms with van der Waals surface area (Å²) in [4.78, 5) is 26.3. The summed E-state index contributed by atoms with van der Waals surface area (Å²) in [6.45, 7) is 7.91. The number of rotatable bonds is 8. The van der Waals surface area contributed by atoms with E-state index in [-0.39, 0.29) is 43.1 Å². The fraction of sp³-hybridized carbons (Fsp3) is 0.333. The molecule has 2 unspecified atom stereocenters. The molecule has 4 rings (SSSR count). The van der Waals surface area contributed by atoms with Crippen LogP contribution < -0.4 is 5.32 Å². The van der Waals surface area contributed by atoms with E-state index < -0.39 is 29.1 Å². The maximum atomic E-state index is 14.7. The molecule has 0 bridgehead atoms. The first-order chi connectivity index (χ1) is 16.8. The van der Waals surface area contributed by atoms with Gasteiger partial charge in [0.05, 0.1) is 22.2 Å². The summed E-state index contributed by atoms with van der Waals surface area (Å²) in [5.74, 6) is -1.83. The molecular weight excluding hydrogens is 496 g/mol. The number of carboxylic acid groups (broad SMARTS) is 1. The number of aromatic nitrogens is 2. The van der Waals surface area contributed by atoms with Crippen LogP contribution in [-0.4, -0.2) is 45.1 Å². The minimum atomic E-state index is -1.31. The van der Waals surface area contributed by atoms with Crippen molar-refractivity contribution in [2.45, 2.75) is 31.8 Å². The molecule has 3 aromatic rings. The topological polar surface area (TPSA) is 82.7 Å². The predicted molar refractivity (Wildman–Crippen MR) is 130 cm³/mol. The number of piperidine rings is 1. The zero-order chi connectivity index (χ0) is 25.0. The first kappa shape index (κ1) is 25.0. The van der Waals surface area contributed by atoms with Crippen molar-refractivity contribution < 1.29 is 18.7 Å². The molecular formula is C24H22ClF2N5O2S. The summed E-state index contributed by atoms with van der Waals surface area (Å²) in [5, 5.41) is 15.6. The van der Waals surface area contributed by atoms with Crippen LogP contribution in [0.5, 0.6) is 0 Å². The Morgan fingerprint density at radius 1 is 1.37 bits per heavy atom. The van der Waals surface area contributed by atoms with Gasteiger partial charge in [0.2, 0.25) is 6.54 Å². The maximum absolute atomic E-state index is 14.7. The summed E-state index contributed by atoms with van der Waals surface area (Å²) >= 11 is 7.27. The average molecular weight is 518 g/mol. The second kappa shape index (κ2) is 10.6. The van der Waals surface area contributed by atoms with Crippen molar-refractivity contribution >= 4 is 39.9 Å². The first-order valence-electron chi connectivity index (χ1n) is 10.9. The number of thiazole rings is 1. The summed E-state index contributed by atoms with van der Waals surface area (Å²) < 4.78 is 29.2. The van der Waals surface area contributed by atoms with Crippen LogP contribution in [-0.2, 0) is 17.8 Å². The molecule has 11 heteroatoms. The van der Waals surface area contributed by atoms with Crippen molar-refractivity contribution in [3.8, 4) is 0 Å². The Bertz CT molecular complexity index is 1250. The van der Waals surface area contributed by atoms with Crippen LogP contribution in [0, 0.1) is 23.6 Å². The summed E-state index contributed by atoms with van der Waals surface area (Å²) in [7, 11) is 0. The molecule has 1 saturated heterocycles. The van der Waals surface area contributed by atoms with Crippen LogP contribution in [0.25, 0.3) is 4.85 Å². The Balaban J connectivity index is 1.57. The van der Waals surface area contributed by atoms with E-state index in [1.165, 1.54) is 29.5 Å². The number of carbonyl (C=O) groups is 1. The first-order valence-corrected chi connectivity index (χ1v) is 12.1. The Kier molecular flexibility index (Phi) is 7.60. The molecule has 1 fully saturated rings. The van der Waals surface area contributed by atoms with Gasteiger partial charge in [-0.25, -0.2) is 25.3 Å². The van der Waals surface area contributed by atoms with Crippen molar-refractivity contribution in [3.05, 3.63) is 81.2 Å². The zero-order valence-electron chi connectivity index (χ0n) is 18.5. The van der Waals surface area contributed by atoms with Crippen LogP contribution in [0.4, 0.5) is 19.7 Å². The van der Waals surface area contributed by atoms with Crippen LogP contribution in [0.2, 0.25) is 5.02 Å². The Morgan fingerprint density at radius 2 is 2.20 bits per heavy atom. The number of carboxylic acids is 1. The number of aliphatic carboxylic acids is 1. The van der Waals surface area contributed by atoms with Gasteiger partial charge in [0.1, 0.15) is 17.5 Å². The van der Waals surface area contributed by atoms with Gasteiger partial charge in [-0.1, -0.05) is 23.7 Å². The molecule has 35 heavy (non-hydrogen) atoms. The van der Waals surface area contributed by atoms with E-state index in [1.54, 1.807) is 23.7 Å². The predicted octanol–water partition coefficient (Wildman–Crippen LogP) is 5.41. The molecule has 0 radical (unpaired) electrons. The number of benzene rings is 1. The molecule has 0 aliphatic carbocycles. The van der Waals surface area contributed by atoms with Gasteiger partial charge in [-0.05, 0) is 31.0 Å². The number of halogens is 3. The average Bonchev–Trinajstić information content (AvgIpc) is 3.34. The van der Waals surface area contributed by atoms with Gasteiger partial charge in [0.15, 0.2) is 5.13 Å². The third kappa shape index (κ3) is 5.59. The van der Waals surface area contributed by atoms with Gasteiger partial charge in [-0.15, -0.1) is 11.3 Å². The van der Waals surface area contributed by atoms with E-state index in [0.29, 0.717) is 23.1 Å². The molecule has 1 aliphatic heterocycles. The summed E-state index contributed by atoms with van der Waals surface area (Å²) in [5.41, 5.74) is -0.902. The number of hydrogen-bond acceptors (Lipinski definition) is 6. The second-order valence-electron chi connectivity index (χ2n) is 8.48. The fourth-order valence-electron chi connectivity index (χ4n) is 4.43. The van der Waals surface area contributed by atoms with Gasteiger partial charge in [-0.3, -0.25) is 9.69 Å². The molecule has 0 amide bonds. The minimum absolute atomic E-state index is 0.00825. The molecule has 3 heterocycles. The van der Waals surface area contributed by atoms with Gasteiger partial charge in [0.25, 0.3) is 0 Å². The van der Waals surface area contributed by atoms with E-state index in [9.17, 15) is 18.7 Å². The molecule has 2 aromatic heterocycles. The highest BCUT2D eigenvalue weighted by molar-refractivity contribution is 7.13. The third-order valence-corrected chi connectivity index (χ3v) is 7.25. The zero-order valence-corrected chi connectivity index (χ0v) is 20.1. The largest absolute Gasteiger partial charge is 0.481 e. The molecule has 1 aromatic carbocycles. The van der Waals surface area contributed by atoms with Gasteiger partial charge >= 0.3 is 5.97 Å². The Hall–Kier alpha value is -3.13. The van der Waals surface area contributed by atoms with Crippen molar-refractivity contribution in [1.29, 1.82) is 0 Å². The number of pyridine rings is 1. The maximum Gasteiger partial charge on any atom is 0.310 e. The third-order valence-electron chi connectivity index (χ3n) is 6.27. The number of hydrogen-bond donors (Lipinski definition) is 2. The lowest BCUT2D eigenvalue weighted by Crippen LogP contribution is -2.52. The second-order valence-corrected chi connectivity index (χ2v) is 9.78. The van der Waals surface area contributed by atoms with E-state index in [4.69, 9.17) is 18.2 Å². The standard InChI is InChI=1S/C24H22ClF2N5O2S/c1-28-13-16-11-24(22(33)34,7-9-32(16)14-15-3-2-4-17(25)21(15)27)12-19-18(26)5-6-20(30-19)31-23-29-8-10-35-23/h2-6,8,10,16H,7,9,11-14H2,(H,33,34)(H,29,30,31). The number of nitrogens with zero attached hydrogens (tertiary/aromatic N) is 4. The molecule has 0 spiro atoms. The van der Waals surface area contributed by atoms with Gasteiger partial charge in [-0.2, -0.15) is 0 Å². The molecule has 0 saturated carbocycles. The number of likely N-dealkylation sites (tertiary alicyclic amines) is 1. The SMILES string of the molecule is [C-]#[N+]CC1CC(Cc2nc(Nc3nccs3)ccc2F)(C(=O)O)CCN1Cc1cccc(Cl)c1F. The van der Waals surface area contributed by atoms with Crippen LogP contribution in [0.15, 0.2) is 41.9 Å². The van der Waals surface area contributed by atoms with Crippen molar-refractivity contribution in [3.63, 3.8) is 0 Å². The monoisotopic (exact) mass is 517 g/mol. The molecule has 182 valence electrons. The van der Waals surface area contributed by atoms with E-state index in [1.807, 2.05) is 4.90 Å². The Morgan fingerprint density at radius 3 is 2.91 bits per heavy atom. The highest BCUT2D eigenvalue weighted by Gasteiger charge is 2.47. The number of anilines is 2. The highest BCUT2D eigenvalue weighted by atomic mass is 35.5. The molecule has 7 nitrogen and oxygen atoms in total. The lowest BCUT2D eigenvalue weighted by atomic mass is 9.71. The highest BCUT2D eigenvalue weighted by Crippen LogP contribution is 2.40. The normalized spacial score (nSPS) is 20.3. The van der Waals surface area contributed by atoms with Crippen LogP contribution in [0.1, 0.15) is 24.1 Å². The quantitative estimate of drug-likeness (QED) is 0.389. The molecule has 1 aliphatic rings. The van der Waals surface area contributed by atoms with Crippen molar-refractivity contribution in [2.75, 3.05) is 18.4 Å². The fourth-order valence-corrected chi connectivity index (χ4v) is 5.16. The van der Waals surface area contributed by atoms with Crippen LogP contribution in [0.3, 0.4) is 0 Å². The van der Waals surface area contributed by atoms with Gasteiger partial charge in [0, 0.05) is 36.7 Å². The summed E-state index contributed by atoms with van der Waals surface area (Å²) in [6.07, 6.45) is 1.80. The lowest BCUT2D eigenvalue weighted by Gasteiger charge is -2.42. The molecule has 2 atom stereocenters. The van der Waals surface area contributed by atoms with Gasteiger partial charge < -0.3 is 15.3 Å². The van der Waals surface area contributed by atoms with Crippen molar-refractivity contribution in [2.24, 2.45) is 5.41 Å². The summed E-state index contributed by atoms with van der Waals surface area (Å²) in [6, 6.07) is 7.00. The van der Waals surface area contributed by atoms with E-state index in [2.05, 4.69) is 20.1 Å². The Labute approximate surface area is 210 Å². The minimum Gasteiger partial charge on any atom is -0.481 e. The number of nitrogens with one attached hydrogen (secondary N) is 1.